The lowest BCUT2D eigenvalue weighted by molar-refractivity contribution is 0.0718. The van der Waals surface area contributed by atoms with Crippen molar-refractivity contribution in [2.24, 2.45) is 23.2 Å². The summed E-state index contributed by atoms with van der Waals surface area (Å²) >= 11 is 0. The Bertz CT molecular complexity index is 538. The summed E-state index contributed by atoms with van der Waals surface area (Å²) in [4.78, 5) is 0. The van der Waals surface area contributed by atoms with Gasteiger partial charge in [-0.3, -0.25) is 0 Å². The van der Waals surface area contributed by atoms with Crippen molar-refractivity contribution in [3.05, 3.63) is 23.8 Å². The highest BCUT2D eigenvalue weighted by molar-refractivity contribution is 5.34. The van der Waals surface area contributed by atoms with E-state index >= 15 is 0 Å². The van der Waals surface area contributed by atoms with Gasteiger partial charge in [0.2, 0.25) is 11.6 Å². The van der Waals surface area contributed by atoms with Gasteiger partial charge >= 0.3 is 0 Å². The molecule has 2 unspecified atom stereocenters. The summed E-state index contributed by atoms with van der Waals surface area (Å²) in [6.07, 6.45) is 6.23. The van der Waals surface area contributed by atoms with E-state index in [0.717, 1.165) is 23.8 Å². The maximum atomic E-state index is 13.7. The molecule has 4 heteroatoms. The Kier molecular flexibility index (Phi) is 2.54. The van der Waals surface area contributed by atoms with Crippen molar-refractivity contribution in [2.45, 2.75) is 32.1 Å². The maximum absolute atomic E-state index is 13.7. The highest BCUT2D eigenvalue weighted by Gasteiger charge is 2.56. The third kappa shape index (κ3) is 1.73. The molecule has 2 nitrogen and oxygen atoms in total. The van der Waals surface area contributed by atoms with Gasteiger partial charge in [-0.1, -0.05) is 0 Å². The summed E-state index contributed by atoms with van der Waals surface area (Å²) in [6.45, 7) is 0.470. The van der Waals surface area contributed by atoms with Gasteiger partial charge in [-0.25, -0.2) is 0 Å². The normalized spacial score (nSPS) is 37.6. The molecule has 4 aliphatic rings. The predicted octanol–water partition coefficient (Wildman–Crippen LogP) is 3.88. The zero-order valence-corrected chi connectivity index (χ0v) is 11.2. The fourth-order valence-corrected chi connectivity index (χ4v) is 5.02. The number of phenols is 1. The summed E-state index contributed by atoms with van der Waals surface area (Å²) in [5.74, 6) is -0.590. The molecule has 5 rings (SSSR count). The molecular weight excluding hydrogens is 262 g/mol. The number of hydrogen-bond acceptors (Lipinski definition) is 2. The van der Waals surface area contributed by atoms with E-state index in [1.165, 1.54) is 38.2 Å². The smallest absolute Gasteiger partial charge is 0.204 e. The first-order valence-corrected chi connectivity index (χ1v) is 7.36. The van der Waals surface area contributed by atoms with Gasteiger partial charge in [0.25, 0.3) is 0 Å². The molecule has 0 aromatic heterocycles. The van der Waals surface area contributed by atoms with Crippen LogP contribution in [0.3, 0.4) is 0 Å². The highest BCUT2D eigenvalue weighted by atomic mass is 19.2. The minimum Gasteiger partial charge on any atom is -0.505 e. The lowest BCUT2D eigenvalue weighted by Gasteiger charge is -2.38. The third-order valence-electron chi connectivity index (χ3n) is 5.61. The maximum Gasteiger partial charge on any atom is 0.204 e. The van der Waals surface area contributed by atoms with Gasteiger partial charge in [-0.2, -0.15) is 8.78 Å². The van der Waals surface area contributed by atoms with Crippen molar-refractivity contribution in [1.82, 2.24) is 0 Å². The van der Waals surface area contributed by atoms with Crippen LogP contribution in [0, 0.1) is 34.8 Å². The Morgan fingerprint density at radius 2 is 1.80 bits per heavy atom. The average Bonchev–Trinajstić information content (AvgIpc) is 2.83. The van der Waals surface area contributed by atoms with Gasteiger partial charge in [-0.15, -0.1) is 0 Å². The van der Waals surface area contributed by atoms with E-state index in [4.69, 9.17) is 9.84 Å². The predicted molar refractivity (Wildman–Crippen MR) is 69.5 cm³/mol. The second-order valence-corrected chi connectivity index (χ2v) is 6.97. The van der Waals surface area contributed by atoms with E-state index in [9.17, 15) is 8.78 Å². The van der Waals surface area contributed by atoms with E-state index in [-0.39, 0.29) is 11.2 Å². The Morgan fingerprint density at radius 1 is 1.10 bits per heavy atom. The van der Waals surface area contributed by atoms with Gasteiger partial charge in [0.15, 0.2) is 11.5 Å². The molecule has 0 heterocycles. The number of halogens is 2. The van der Waals surface area contributed by atoms with Crippen LogP contribution in [0.5, 0.6) is 11.5 Å². The lowest BCUT2D eigenvalue weighted by atomic mass is 9.70. The van der Waals surface area contributed by atoms with Crippen molar-refractivity contribution in [1.29, 1.82) is 0 Å². The van der Waals surface area contributed by atoms with Crippen LogP contribution in [0.1, 0.15) is 32.1 Å². The molecule has 4 saturated carbocycles. The number of rotatable bonds is 3. The van der Waals surface area contributed by atoms with E-state index in [2.05, 4.69) is 0 Å². The summed E-state index contributed by atoms with van der Waals surface area (Å²) in [6, 6.07) is 2.45. The molecule has 0 radical (unpaired) electrons. The molecule has 0 aliphatic heterocycles. The zero-order chi connectivity index (χ0) is 13.9. The molecule has 1 N–H and O–H groups in total. The molecule has 1 aromatic rings. The van der Waals surface area contributed by atoms with Crippen LogP contribution in [-0.2, 0) is 0 Å². The van der Waals surface area contributed by atoms with Crippen LogP contribution >= 0.6 is 0 Å². The SMILES string of the molecule is Oc1ccc(OCC23CC4CC(C2)C(C4)C3)c(F)c1F. The van der Waals surface area contributed by atoms with Crippen LogP contribution in [0.2, 0.25) is 0 Å². The fraction of sp³-hybridized carbons (Fsp3) is 0.625. The van der Waals surface area contributed by atoms with Gasteiger partial charge in [0, 0.05) is 5.41 Å². The summed E-state index contributed by atoms with van der Waals surface area (Å²) in [5, 5.41) is 9.11. The molecule has 0 spiro atoms. The van der Waals surface area contributed by atoms with Crippen molar-refractivity contribution < 1.29 is 18.6 Å². The first-order chi connectivity index (χ1) is 9.56. The minimum absolute atomic E-state index is 0.0858. The van der Waals surface area contributed by atoms with Gasteiger partial charge in [-0.05, 0) is 62.0 Å². The summed E-state index contributed by atoms with van der Waals surface area (Å²) < 4.78 is 32.6. The molecule has 2 atom stereocenters. The van der Waals surface area contributed by atoms with Crippen LogP contribution < -0.4 is 4.74 Å². The fourth-order valence-electron chi connectivity index (χ4n) is 5.02. The Labute approximate surface area is 116 Å². The molecule has 4 aliphatic carbocycles. The van der Waals surface area contributed by atoms with Crippen molar-refractivity contribution in [3.63, 3.8) is 0 Å². The van der Waals surface area contributed by atoms with Crippen molar-refractivity contribution in [3.8, 4) is 11.5 Å². The van der Waals surface area contributed by atoms with Crippen LogP contribution in [0.4, 0.5) is 8.78 Å². The Balaban J connectivity index is 1.50. The van der Waals surface area contributed by atoms with E-state index in [1.807, 2.05) is 0 Å². The number of ether oxygens (including phenoxy) is 1. The Hall–Kier alpha value is -1.32. The molecule has 20 heavy (non-hydrogen) atoms. The second-order valence-electron chi connectivity index (χ2n) is 6.97. The van der Waals surface area contributed by atoms with Gasteiger partial charge in [0.1, 0.15) is 0 Å². The van der Waals surface area contributed by atoms with E-state index in [0.29, 0.717) is 6.61 Å². The molecule has 0 saturated heterocycles. The third-order valence-corrected chi connectivity index (χ3v) is 5.61. The second kappa shape index (κ2) is 4.09. The van der Waals surface area contributed by atoms with E-state index < -0.39 is 17.4 Å². The summed E-state index contributed by atoms with van der Waals surface area (Å²) in [7, 11) is 0. The monoisotopic (exact) mass is 280 g/mol. The number of phenolic OH excluding ortho intramolecular Hbond substituents is 1. The molecular formula is C16H18F2O2. The quantitative estimate of drug-likeness (QED) is 0.910. The van der Waals surface area contributed by atoms with Crippen LogP contribution in [-0.4, -0.2) is 11.7 Å². The van der Waals surface area contributed by atoms with Gasteiger partial charge < -0.3 is 9.84 Å². The number of aromatic hydroxyl groups is 1. The van der Waals surface area contributed by atoms with Gasteiger partial charge in [0.05, 0.1) is 6.61 Å². The minimum atomic E-state index is -1.23. The van der Waals surface area contributed by atoms with Crippen molar-refractivity contribution >= 4 is 0 Å². The zero-order valence-electron chi connectivity index (χ0n) is 11.2. The largest absolute Gasteiger partial charge is 0.505 e. The first kappa shape index (κ1) is 12.4. The van der Waals surface area contributed by atoms with E-state index in [1.54, 1.807) is 0 Å². The molecule has 1 aromatic carbocycles. The molecule has 108 valence electrons. The van der Waals surface area contributed by atoms with Crippen LogP contribution in [0.15, 0.2) is 12.1 Å². The molecule has 0 amide bonds. The lowest BCUT2D eigenvalue weighted by Crippen LogP contribution is -2.33. The molecule has 4 fully saturated rings. The average molecular weight is 280 g/mol. The first-order valence-electron chi connectivity index (χ1n) is 7.36. The van der Waals surface area contributed by atoms with Crippen molar-refractivity contribution in [2.75, 3.05) is 6.61 Å². The van der Waals surface area contributed by atoms with Crippen LogP contribution in [0.25, 0.3) is 0 Å². The number of hydrogen-bond donors (Lipinski definition) is 1. The standard InChI is InChI=1S/C16H18F2O2/c17-14-12(19)1-2-13(15(14)18)20-8-16-5-9-3-10(6-16)11(4-9)7-16/h1-2,9-11,19H,3-8H2. The summed E-state index contributed by atoms with van der Waals surface area (Å²) in [5.41, 5.74) is 0.178. The molecule has 4 bridgehead atoms. The Morgan fingerprint density at radius 3 is 2.45 bits per heavy atom. The topological polar surface area (TPSA) is 29.5 Å². The number of benzene rings is 1. The highest BCUT2D eigenvalue weighted by Crippen LogP contribution is 2.64.